The summed E-state index contributed by atoms with van der Waals surface area (Å²) in [5.74, 6) is -1.64. The number of hydrogen-bond donors (Lipinski definition) is 2. The van der Waals surface area contributed by atoms with Gasteiger partial charge in [-0.25, -0.2) is 9.59 Å². The fraction of sp³-hybridized carbons (Fsp3) is 0.464. The molecular weight excluding hydrogens is 444 g/mol. The Morgan fingerprint density at radius 1 is 0.971 bits per heavy atom. The van der Waals surface area contributed by atoms with E-state index in [0.717, 1.165) is 30.4 Å². The first-order valence-corrected chi connectivity index (χ1v) is 12.6. The molecule has 2 aliphatic carbocycles. The number of ether oxygens (including phenoxy) is 1. The van der Waals surface area contributed by atoms with E-state index in [1.165, 1.54) is 16.0 Å². The Bertz CT molecular complexity index is 1090. The molecule has 2 amide bonds. The molecule has 2 aromatic carbocycles. The number of carbonyl (C=O) groups is 3. The van der Waals surface area contributed by atoms with Crippen LogP contribution < -0.4 is 5.32 Å². The summed E-state index contributed by atoms with van der Waals surface area (Å²) in [7, 11) is 0. The van der Waals surface area contributed by atoms with Crippen molar-refractivity contribution in [2.24, 2.45) is 11.8 Å². The number of alkyl carbamates (subject to hydrolysis) is 1. The molecule has 1 saturated carbocycles. The van der Waals surface area contributed by atoms with Gasteiger partial charge >= 0.3 is 12.1 Å². The molecule has 5 rings (SSSR count). The summed E-state index contributed by atoms with van der Waals surface area (Å²) in [4.78, 5) is 39.5. The van der Waals surface area contributed by atoms with Gasteiger partial charge in [0.2, 0.25) is 5.91 Å². The van der Waals surface area contributed by atoms with Crippen molar-refractivity contribution >= 4 is 18.0 Å². The van der Waals surface area contributed by atoms with Crippen LogP contribution in [0, 0.1) is 11.8 Å². The number of nitrogens with one attached hydrogen (secondary N) is 1. The van der Waals surface area contributed by atoms with Crippen molar-refractivity contribution in [2.75, 3.05) is 13.2 Å². The van der Waals surface area contributed by atoms with Gasteiger partial charge in [-0.15, -0.1) is 0 Å². The highest BCUT2D eigenvalue weighted by Gasteiger charge is 2.43. The summed E-state index contributed by atoms with van der Waals surface area (Å²) < 4.78 is 5.68. The Hall–Kier alpha value is -3.35. The maximum atomic E-state index is 13.4. The lowest BCUT2D eigenvalue weighted by molar-refractivity contribution is -0.156. The molecule has 2 aromatic rings. The van der Waals surface area contributed by atoms with E-state index in [1.54, 1.807) is 0 Å². The van der Waals surface area contributed by atoms with E-state index in [0.29, 0.717) is 19.4 Å². The van der Waals surface area contributed by atoms with Crippen LogP contribution in [0.5, 0.6) is 0 Å². The third-order valence-corrected chi connectivity index (χ3v) is 7.95. The van der Waals surface area contributed by atoms with Crippen LogP contribution in [0.2, 0.25) is 0 Å². The molecule has 2 fully saturated rings. The van der Waals surface area contributed by atoms with E-state index in [9.17, 15) is 19.5 Å². The zero-order chi connectivity index (χ0) is 24.5. The predicted molar refractivity (Wildman–Crippen MR) is 131 cm³/mol. The van der Waals surface area contributed by atoms with Crippen LogP contribution in [-0.2, 0) is 14.3 Å². The van der Waals surface area contributed by atoms with Gasteiger partial charge in [-0.3, -0.25) is 4.79 Å². The third-order valence-electron chi connectivity index (χ3n) is 7.95. The first-order chi connectivity index (χ1) is 17.0. The highest BCUT2D eigenvalue weighted by Crippen LogP contribution is 2.44. The minimum absolute atomic E-state index is 0.0275. The molecule has 4 unspecified atom stereocenters. The van der Waals surface area contributed by atoms with Gasteiger partial charge in [0.1, 0.15) is 12.6 Å². The number of carboxylic acid groups (broad SMARTS) is 1. The molecule has 1 saturated heterocycles. The number of aliphatic carboxylic acids is 1. The monoisotopic (exact) mass is 476 g/mol. The van der Waals surface area contributed by atoms with Gasteiger partial charge in [-0.1, -0.05) is 61.9 Å². The Morgan fingerprint density at radius 3 is 2.29 bits per heavy atom. The zero-order valence-electron chi connectivity index (χ0n) is 20.0. The minimum Gasteiger partial charge on any atom is -0.480 e. The second-order valence-corrected chi connectivity index (χ2v) is 10.0. The first-order valence-electron chi connectivity index (χ1n) is 12.6. The molecule has 4 atom stereocenters. The first kappa shape index (κ1) is 23.4. The number of carboxylic acids is 1. The molecule has 7 nitrogen and oxygen atoms in total. The fourth-order valence-corrected chi connectivity index (χ4v) is 6.24. The highest BCUT2D eigenvalue weighted by atomic mass is 16.5. The fourth-order valence-electron chi connectivity index (χ4n) is 6.24. The second kappa shape index (κ2) is 9.72. The van der Waals surface area contributed by atoms with Crippen LogP contribution in [-0.4, -0.2) is 53.2 Å². The van der Waals surface area contributed by atoms with Crippen molar-refractivity contribution in [2.45, 2.75) is 57.0 Å². The Balaban J connectivity index is 1.23. The predicted octanol–water partition coefficient (Wildman–Crippen LogP) is 4.41. The molecule has 0 spiro atoms. The molecule has 3 aliphatic rings. The lowest BCUT2D eigenvalue weighted by atomic mass is 9.89. The van der Waals surface area contributed by atoms with Crippen molar-refractivity contribution < 1.29 is 24.2 Å². The number of nitrogens with zero attached hydrogens (tertiary/aromatic N) is 1. The second-order valence-electron chi connectivity index (χ2n) is 10.0. The molecule has 7 heteroatoms. The Labute approximate surface area is 205 Å². The largest absolute Gasteiger partial charge is 0.480 e. The number of fused-ring (bicyclic) bond motifs is 3. The zero-order valence-corrected chi connectivity index (χ0v) is 20.0. The summed E-state index contributed by atoms with van der Waals surface area (Å²) >= 11 is 0. The van der Waals surface area contributed by atoms with Crippen molar-refractivity contribution in [3.05, 3.63) is 59.7 Å². The van der Waals surface area contributed by atoms with Crippen LogP contribution in [0.4, 0.5) is 4.79 Å². The van der Waals surface area contributed by atoms with Crippen LogP contribution in [0.15, 0.2) is 48.5 Å². The Kier molecular flexibility index (Phi) is 6.50. The Morgan fingerprint density at radius 2 is 1.63 bits per heavy atom. The SMILES string of the molecule is CC1CCCN(C(=O)C2CCCC2NC(=O)OCC2c3ccccc3-c3ccccc32)C1C(=O)O. The number of hydrogen-bond acceptors (Lipinski definition) is 4. The number of carbonyl (C=O) groups excluding carboxylic acids is 2. The van der Waals surface area contributed by atoms with Crippen molar-refractivity contribution in [1.29, 1.82) is 0 Å². The average Bonchev–Trinajstić information content (AvgIpc) is 3.44. The lowest BCUT2D eigenvalue weighted by Crippen LogP contribution is -2.55. The normalized spacial score (nSPS) is 25.6. The van der Waals surface area contributed by atoms with E-state index < -0.39 is 24.0 Å². The van der Waals surface area contributed by atoms with E-state index >= 15 is 0 Å². The quantitative estimate of drug-likeness (QED) is 0.667. The van der Waals surface area contributed by atoms with E-state index in [2.05, 4.69) is 29.6 Å². The van der Waals surface area contributed by atoms with Crippen molar-refractivity contribution in [3.8, 4) is 11.1 Å². The summed E-state index contributed by atoms with van der Waals surface area (Å²) in [5, 5.41) is 12.6. The van der Waals surface area contributed by atoms with E-state index in [-0.39, 0.29) is 30.4 Å². The highest BCUT2D eigenvalue weighted by molar-refractivity contribution is 5.86. The number of rotatable bonds is 5. The van der Waals surface area contributed by atoms with Gasteiger partial charge in [0.05, 0.1) is 5.92 Å². The molecule has 0 bridgehead atoms. The van der Waals surface area contributed by atoms with Gasteiger partial charge in [0.15, 0.2) is 0 Å². The summed E-state index contributed by atoms with van der Waals surface area (Å²) in [6.45, 7) is 2.56. The molecule has 0 aromatic heterocycles. The van der Waals surface area contributed by atoms with Crippen molar-refractivity contribution in [3.63, 3.8) is 0 Å². The molecule has 1 aliphatic heterocycles. The molecule has 2 N–H and O–H groups in total. The van der Waals surface area contributed by atoms with E-state index in [1.807, 2.05) is 31.2 Å². The van der Waals surface area contributed by atoms with Crippen LogP contribution in [0.1, 0.15) is 56.1 Å². The molecule has 35 heavy (non-hydrogen) atoms. The number of likely N-dealkylation sites (tertiary alicyclic amines) is 1. The lowest BCUT2D eigenvalue weighted by Gasteiger charge is -2.39. The summed E-state index contributed by atoms with van der Waals surface area (Å²) in [6.07, 6.45) is 3.21. The summed E-state index contributed by atoms with van der Waals surface area (Å²) in [6, 6.07) is 15.2. The number of amides is 2. The number of piperidine rings is 1. The topological polar surface area (TPSA) is 95.9 Å². The maximum absolute atomic E-state index is 13.4. The summed E-state index contributed by atoms with van der Waals surface area (Å²) in [5.41, 5.74) is 4.63. The molecule has 0 radical (unpaired) electrons. The van der Waals surface area contributed by atoms with Gasteiger partial charge in [-0.2, -0.15) is 0 Å². The van der Waals surface area contributed by atoms with Crippen LogP contribution in [0.25, 0.3) is 11.1 Å². The van der Waals surface area contributed by atoms with Gasteiger partial charge in [0.25, 0.3) is 0 Å². The third kappa shape index (κ3) is 4.40. The van der Waals surface area contributed by atoms with Gasteiger partial charge < -0.3 is 20.1 Å². The molecule has 184 valence electrons. The average molecular weight is 477 g/mol. The molecule has 1 heterocycles. The van der Waals surface area contributed by atoms with Crippen LogP contribution >= 0.6 is 0 Å². The van der Waals surface area contributed by atoms with E-state index in [4.69, 9.17) is 4.74 Å². The standard InChI is InChI=1S/C28H32N2O5/c1-17-8-7-15-30(25(17)27(32)33)26(31)22-13-6-14-24(22)29-28(34)35-16-23-20-11-4-2-9-18(20)19-10-3-5-12-21(19)23/h2-5,9-12,17,22-25H,6-8,13-16H2,1H3,(H,29,34)(H,32,33). The van der Waals surface area contributed by atoms with Crippen LogP contribution in [0.3, 0.4) is 0 Å². The maximum Gasteiger partial charge on any atom is 0.407 e. The van der Waals surface area contributed by atoms with Crippen molar-refractivity contribution in [1.82, 2.24) is 10.2 Å². The minimum atomic E-state index is -0.954. The smallest absolute Gasteiger partial charge is 0.407 e. The van der Waals surface area contributed by atoms with Gasteiger partial charge in [-0.05, 0) is 53.9 Å². The van der Waals surface area contributed by atoms with Gasteiger partial charge in [0, 0.05) is 18.5 Å². The number of benzene rings is 2. The molecular formula is C28H32N2O5.